The molecule has 0 heterocycles. The Morgan fingerprint density at radius 2 is 2.08 bits per heavy atom. The molecule has 0 rings (SSSR count). The maximum absolute atomic E-state index is 10.9. The van der Waals surface area contributed by atoms with Crippen LogP contribution >= 0.6 is 25.3 Å². The fourth-order valence-corrected chi connectivity index (χ4v) is 0.800. The lowest BCUT2D eigenvalue weighted by molar-refractivity contribution is -0.140. The van der Waals surface area contributed by atoms with Crippen molar-refractivity contribution >= 4 is 37.1 Å². The number of amides is 1. The molecular formula is C6H11NO3S2. The van der Waals surface area contributed by atoms with Crippen molar-refractivity contribution in [3.8, 4) is 0 Å². The fourth-order valence-electron chi connectivity index (χ4n) is 0.478. The van der Waals surface area contributed by atoms with Gasteiger partial charge in [0.25, 0.3) is 0 Å². The first-order valence-corrected chi connectivity index (χ1v) is 4.46. The van der Waals surface area contributed by atoms with Crippen LogP contribution in [0.3, 0.4) is 0 Å². The summed E-state index contributed by atoms with van der Waals surface area (Å²) in [5, 5.41) is 10.3. The van der Waals surface area contributed by atoms with E-state index >= 15 is 0 Å². The van der Waals surface area contributed by atoms with Gasteiger partial charge in [0.15, 0.2) is 0 Å². The number of carboxylic acids is 1. The van der Waals surface area contributed by atoms with Gasteiger partial charge in [0, 0.05) is 5.75 Å². The lowest BCUT2D eigenvalue weighted by atomic mass is 10.3. The van der Waals surface area contributed by atoms with Crippen LogP contribution in [-0.2, 0) is 9.59 Å². The quantitative estimate of drug-likeness (QED) is 0.485. The summed E-state index contributed by atoms with van der Waals surface area (Å²) in [4.78, 5) is 21.3. The predicted molar refractivity (Wildman–Crippen MR) is 51.9 cm³/mol. The van der Waals surface area contributed by atoms with Gasteiger partial charge in [-0.1, -0.05) is 0 Å². The molecule has 1 unspecified atom stereocenters. The van der Waals surface area contributed by atoms with Crippen molar-refractivity contribution in [1.29, 1.82) is 0 Å². The fraction of sp³-hybridized carbons (Fsp3) is 0.667. The molecule has 6 heteroatoms. The van der Waals surface area contributed by atoms with E-state index in [1.807, 2.05) is 0 Å². The molecule has 0 aromatic carbocycles. The van der Waals surface area contributed by atoms with Crippen LogP contribution in [0.15, 0.2) is 0 Å². The molecule has 4 nitrogen and oxygen atoms in total. The maximum atomic E-state index is 10.9. The summed E-state index contributed by atoms with van der Waals surface area (Å²) in [5.74, 6) is -1.42. The molecule has 2 N–H and O–H groups in total. The number of nitrogens with one attached hydrogen (secondary N) is 1. The molecule has 0 aliphatic carbocycles. The molecule has 70 valence electrons. The van der Waals surface area contributed by atoms with E-state index in [2.05, 4.69) is 30.6 Å². The van der Waals surface area contributed by atoms with Gasteiger partial charge in [0.05, 0.1) is 5.25 Å². The van der Waals surface area contributed by atoms with Gasteiger partial charge in [-0.15, -0.1) is 0 Å². The Balaban J connectivity index is 4.03. The molecule has 0 radical (unpaired) electrons. The average molecular weight is 209 g/mol. The van der Waals surface area contributed by atoms with Crippen LogP contribution in [-0.4, -0.2) is 34.0 Å². The zero-order chi connectivity index (χ0) is 9.72. The number of thiol groups is 2. The first kappa shape index (κ1) is 11.6. The van der Waals surface area contributed by atoms with Crippen molar-refractivity contribution in [3.63, 3.8) is 0 Å². The molecule has 1 amide bonds. The Morgan fingerprint density at radius 3 is 2.33 bits per heavy atom. The van der Waals surface area contributed by atoms with Crippen molar-refractivity contribution in [3.05, 3.63) is 0 Å². The van der Waals surface area contributed by atoms with Crippen LogP contribution in [0.5, 0.6) is 0 Å². The number of hydrogen-bond acceptors (Lipinski definition) is 4. The van der Waals surface area contributed by atoms with Crippen LogP contribution in [0.2, 0.25) is 0 Å². The Kier molecular flexibility index (Phi) is 5.16. The monoisotopic (exact) mass is 209 g/mol. The van der Waals surface area contributed by atoms with Gasteiger partial charge in [0.1, 0.15) is 6.04 Å². The van der Waals surface area contributed by atoms with Crippen LogP contribution < -0.4 is 5.32 Å². The molecule has 0 aromatic rings. The highest BCUT2D eigenvalue weighted by Crippen LogP contribution is 1.95. The lowest BCUT2D eigenvalue weighted by Crippen LogP contribution is -2.44. The molecule has 12 heavy (non-hydrogen) atoms. The number of rotatable bonds is 4. The molecule has 0 aliphatic rings. The van der Waals surface area contributed by atoms with Crippen molar-refractivity contribution in [2.75, 3.05) is 5.75 Å². The average Bonchev–Trinajstić information content (AvgIpc) is 1.98. The number of aliphatic carboxylic acids is 1. The highest BCUT2D eigenvalue weighted by atomic mass is 32.1. The summed E-state index contributed by atoms with van der Waals surface area (Å²) in [7, 11) is 0. The normalized spacial score (nSPS) is 14.9. The highest BCUT2D eigenvalue weighted by molar-refractivity contribution is 7.81. The SMILES string of the molecule is CC(S)C(=O)N[C@H](CS)C(=O)O. The summed E-state index contributed by atoms with van der Waals surface area (Å²) in [6.45, 7) is 1.57. The third-order valence-corrected chi connectivity index (χ3v) is 1.78. The van der Waals surface area contributed by atoms with Crippen molar-refractivity contribution in [2.24, 2.45) is 0 Å². The number of carboxylic acid groups (broad SMARTS) is 1. The van der Waals surface area contributed by atoms with E-state index in [1.165, 1.54) is 0 Å². The van der Waals surface area contributed by atoms with E-state index in [0.717, 1.165) is 0 Å². The van der Waals surface area contributed by atoms with E-state index in [4.69, 9.17) is 5.11 Å². The van der Waals surface area contributed by atoms with Crippen LogP contribution in [0.25, 0.3) is 0 Å². The Labute approximate surface area is 81.5 Å². The van der Waals surface area contributed by atoms with E-state index in [-0.39, 0.29) is 5.75 Å². The van der Waals surface area contributed by atoms with Crippen LogP contribution in [0, 0.1) is 0 Å². The lowest BCUT2D eigenvalue weighted by Gasteiger charge is -2.12. The first-order valence-electron chi connectivity index (χ1n) is 3.31. The van der Waals surface area contributed by atoms with Crippen molar-refractivity contribution in [1.82, 2.24) is 5.32 Å². The van der Waals surface area contributed by atoms with Crippen LogP contribution in [0.1, 0.15) is 6.92 Å². The summed E-state index contributed by atoms with van der Waals surface area (Å²) in [5.41, 5.74) is 0. The molecule has 0 spiro atoms. The minimum atomic E-state index is -1.09. The topological polar surface area (TPSA) is 66.4 Å². The summed E-state index contributed by atoms with van der Waals surface area (Å²) in [6, 6.07) is -0.935. The van der Waals surface area contributed by atoms with Gasteiger partial charge >= 0.3 is 5.97 Å². The molecule has 0 aliphatic heterocycles. The molecule has 2 atom stereocenters. The molecule has 0 bridgehead atoms. The Morgan fingerprint density at radius 1 is 1.58 bits per heavy atom. The molecule has 0 aromatic heterocycles. The highest BCUT2D eigenvalue weighted by Gasteiger charge is 2.19. The smallest absolute Gasteiger partial charge is 0.327 e. The summed E-state index contributed by atoms with van der Waals surface area (Å²) < 4.78 is 0. The van der Waals surface area contributed by atoms with Gasteiger partial charge < -0.3 is 10.4 Å². The van der Waals surface area contributed by atoms with Gasteiger partial charge in [0.2, 0.25) is 5.91 Å². The van der Waals surface area contributed by atoms with Crippen molar-refractivity contribution in [2.45, 2.75) is 18.2 Å². The van der Waals surface area contributed by atoms with Gasteiger partial charge in [-0.25, -0.2) is 4.79 Å². The zero-order valence-corrected chi connectivity index (χ0v) is 8.31. The van der Waals surface area contributed by atoms with E-state index < -0.39 is 23.2 Å². The predicted octanol–water partition coefficient (Wildman–Crippen LogP) is -0.196. The molecule has 0 saturated heterocycles. The molecule has 0 fully saturated rings. The largest absolute Gasteiger partial charge is 0.480 e. The second kappa shape index (κ2) is 5.31. The number of hydrogen-bond donors (Lipinski definition) is 4. The number of carbonyl (C=O) groups is 2. The van der Waals surface area contributed by atoms with Crippen LogP contribution in [0.4, 0.5) is 0 Å². The third kappa shape index (κ3) is 3.87. The zero-order valence-electron chi connectivity index (χ0n) is 6.52. The van der Waals surface area contributed by atoms with E-state index in [0.29, 0.717) is 0 Å². The molecule has 0 saturated carbocycles. The van der Waals surface area contributed by atoms with Crippen molar-refractivity contribution < 1.29 is 14.7 Å². The minimum Gasteiger partial charge on any atom is -0.480 e. The summed E-state index contributed by atoms with van der Waals surface area (Å²) >= 11 is 7.62. The second-order valence-corrected chi connectivity index (χ2v) is 3.40. The van der Waals surface area contributed by atoms with E-state index in [1.54, 1.807) is 6.92 Å². The number of carbonyl (C=O) groups excluding carboxylic acids is 1. The second-order valence-electron chi connectivity index (χ2n) is 2.26. The minimum absolute atomic E-state index is 0.0710. The maximum Gasteiger partial charge on any atom is 0.327 e. The van der Waals surface area contributed by atoms with Gasteiger partial charge in [-0.05, 0) is 6.92 Å². The van der Waals surface area contributed by atoms with Gasteiger partial charge in [-0.3, -0.25) is 4.79 Å². The Hall–Kier alpha value is -0.360. The standard InChI is InChI=1S/C6H11NO3S2/c1-3(12)5(8)7-4(2-11)6(9)10/h3-4,11-12H,2H2,1H3,(H,7,8)(H,9,10)/t3?,4-/m1/s1. The first-order chi connectivity index (χ1) is 5.49. The van der Waals surface area contributed by atoms with E-state index in [9.17, 15) is 9.59 Å². The molecular weight excluding hydrogens is 198 g/mol. The van der Waals surface area contributed by atoms with Gasteiger partial charge in [-0.2, -0.15) is 25.3 Å². The summed E-state index contributed by atoms with van der Waals surface area (Å²) in [6.07, 6.45) is 0. The third-order valence-electron chi connectivity index (χ3n) is 1.18. The Bertz CT molecular complexity index is 184.